The van der Waals surface area contributed by atoms with Gasteiger partial charge in [-0.1, -0.05) is 13.8 Å². The second kappa shape index (κ2) is 5.24. The summed E-state index contributed by atoms with van der Waals surface area (Å²) in [6.07, 6.45) is 3.19. The predicted molar refractivity (Wildman–Crippen MR) is 79.9 cm³/mol. The van der Waals surface area contributed by atoms with E-state index >= 15 is 0 Å². The van der Waals surface area contributed by atoms with E-state index in [4.69, 9.17) is 9.47 Å². The van der Waals surface area contributed by atoms with Gasteiger partial charge in [0, 0.05) is 38.1 Å². The first-order valence-electron chi connectivity index (χ1n) is 8.22. The maximum absolute atomic E-state index is 6.45. The molecule has 3 aliphatic rings. The molecule has 0 radical (unpaired) electrons. The number of nitrogens with zero attached hydrogens (tertiary/aromatic N) is 1. The van der Waals surface area contributed by atoms with Gasteiger partial charge in [0.25, 0.3) is 0 Å². The van der Waals surface area contributed by atoms with E-state index in [9.17, 15) is 0 Å². The molecule has 4 heteroatoms. The van der Waals surface area contributed by atoms with Crippen molar-refractivity contribution in [2.24, 2.45) is 5.41 Å². The van der Waals surface area contributed by atoms with Crippen LogP contribution in [0.1, 0.15) is 40.5 Å². The van der Waals surface area contributed by atoms with Crippen LogP contribution in [0.2, 0.25) is 0 Å². The highest BCUT2D eigenvalue weighted by Crippen LogP contribution is 2.54. The van der Waals surface area contributed by atoms with E-state index in [0.717, 1.165) is 45.6 Å². The molecule has 0 aromatic carbocycles. The van der Waals surface area contributed by atoms with Gasteiger partial charge in [-0.25, -0.2) is 0 Å². The number of hydrogen-bond acceptors (Lipinski definition) is 4. The minimum atomic E-state index is -0.145. The van der Waals surface area contributed by atoms with Gasteiger partial charge in [0.2, 0.25) is 0 Å². The van der Waals surface area contributed by atoms with Gasteiger partial charge < -0.3 is 14.8 Å². The Kier molecular flexibility index (Phi) is 3.87. The topological polar surface area (TPSA) is 33.7 Å². The molecule has 0 bridgehead atoms. The fourth-order valence-corrected chi connectivity index (χ4v) is 4.65. The highest BCUT2D eigenvalue weighted by atomic mass is 16.6. The molecule has 0 aromatic rings. The number of ether oxygens (including phenoxy) is 2. The molecule has 3 rings (SSSR count). The summed E-state index contributed by atoms with van der Waals surface area (Å²) in [4.78, 5) is 2.54. The molecule has 0 aromatic heterocycles. The summed E-state index contributed by atoms with van der Waals surface area (Å²) in [6, 6.07) is 0. The van der Waals surface area contributed by atoms with Crippen LogP contribution in [0, 0.1) is 5.41 Å². The number of piperazine rings is 1. The third-order valence-corrected chi connectivity index (χ3v) is 5.45. The smallest absolute Gasteiger partial charge is 0.0942 e. The molecule has 3 saturated heterocycles. The normalized spacial score (nSPS) is 44.7. The van der Waals surface area contributed by atoms with Crippen molar-refractivity contribution in [1.29, 1.82) is 0 Å². The molecular formula is C16H30N2O2. The van der Waals surface area contributed by atoms with Gasteiger partial charge >= 0.3 is 0 Å². The van der Waals surface area contributed by atoms with Crippen LogP contribution in [0.4, 0.5) is 0 Å². The summed E-state index contributed by atoms with van der Waals surface area (Å²) in [5.74, 6) is 0. The van der Waals surface area contributed by atoms with Gasteiger partial charge in [0.15, 0.2) is 0 Å². The Labute approximate surface area is 123 Å². The molecule has 1 unspecified atom stereocenters. The van der Waals surface area contributed by atoms with Crippen LogP contribution in [-0.4, -0.2) is 61.5 Å². The Hall–Kier alpha value is -0.160. The molecule has 0 aliphatic carbocycles. The SMILES string of the molecule is CC[C@H]1OC(C)(C)[C@@H]2O[C@@H](CN3CCNCC3)CC12C. The van der Waals surface area contributed by atoms with Crippen molar-refractivity contribution < 1.29 is 9.47 Å². The lowest BCUT2D eigenvalue weighted by atomic mass is 9.74. The first-order valence-corrected chi connectivity index (χ1v) is 8.22. The Morgan fingerprint density at radius 3 is 2.55 bits per heavy atom. The number of fused-ring (bicyclic) bond motifs is 1. The quantitative estimate of drug-likeness (QED) is 0.853. The second-order valence-electron chi connectivity index (χ2n) is 7.52. The minimum absolute atomic E-state index is 0.145. The summed E-state index contributed by atoms with van der Waals surface area (Å²) in [7, 11) is 0. The maximum Gasteiger partial charge on any atom is 0.0942 e. The zero-order valence-electron chi connectivity index (χ0n) is 13.4. The average Bonchev–Trinajstić information content (AvgIpc) is 2.83. The van der Waals surface area contributed by atoms with Crippen molar-refractivity contribution in [3.63, 3.8) is 0 Å². The van der Waals surface area contributed by atoms with Crippen LogP contribution in [0.3, 0.4) is 0 Å². The summed E-state index contributed by atoms with van der Waals surface area (Å²) in [5.41, 5.74) is 0.0462. The zero-order chi connectivity index (χ0) is 14.4. The molecular weight excluding hydrogens is 252 g/mol. The van der Waals surface area contributed by atoms with E-state index in [2.05, 4.69) is 37.9 Å². The Bertz CT molecular complexity index is 354. The number of nitrogens with one attached hydrogen (secondary N) is 1. The van der Waals surface area contributed by atoms with E-state index in [0.29, 0.717) is 12.2 Å². The molecule has 4 nitrogen and oxygen atoms in total. The van der Waals surface area contributed by atoms with E-state index in [1.54, 1.807) is 0 Å². The first-order chi connectivity index (χ1) is 9.45. The van der Waals surface area contributed by atoms with Gasteiger partial charge in [0.05, 0.1) is 23.9 Å². The van der Waals surface area contributed by atoms with Gasteiger partial charge in [-0.2, -0.15) is 0 Å². The van der Waals surface area contributed by atoms with Crippen molar-refractivity contribution in [3.05, 3.63) is 0 Å². The molecule has 3 fully saturated rings. The number of rotatable bonds is 3. The van der Waals surface area contributed by atoms with Crippen LogP contribution in [-0.2, 0) is 9.47 Å². The molecule has 0 saturated carbocycles. The zero-order valence-corrected chi connectivity index (χ0v) is 13.4. The van der Waals surface area contributed by atoms with Gasteiger partial charge in [-0.15, -0.1) is 0 Å². The van der Waals surface area contributed by atoms with E-state index in [1.165, 1.54) is 0 Å². The lowest BCUT2D eigenvalue weighted by Crippen LogP contribution is -2.46. The first kappa shape index (κ1) is 14.8. The fourth-order valence-electron chi connectivity index (χ4n) is 4.65. The van der Waals surface area contributed by atoms with Crippen molar-refractivity contribution >= 4 is 0 Å². The number of hydrogen-bond donors (Lipinski definition) is 1. The Morgan fingerprint density at radius 2 is 1.90 bits per heavy atom. The molecule has 4 atom stereocenters. The third kappa shape index (κ3) is 2.41. The highest BCUT2D eigenvalue weighted by molar-refractivity contribution is 5.09. The van der Waals surface area contributed by atoms with Gasteiger partial charge in [0.1, 0.15) is 0 Å². The Balaban J connectivity index is 1.67. The lowest BCUT2D eigenvalue weighted by molar-refractivity contribution is -0.0985. The van der Waals surface area contributed by atoms with Crippen molar-refractivity contribution in [2.75, 3.05) is 32.7 Å². The predicted octanol–water partition coefficient (Wildman–Crippen LogP) is 1.64. The van der Waals surface area contributed by atoms with Crippen LogP contribution in [0.25, 0.3) is 0 Å². The fraction of sp³-hybridized carbons (Fsp3) is 1.00. The van der Waals surface area contributed by atoms with Crippen molar-refractivity contribution in [2.45, 2.75) is 64.4 Å². The lowest BCUT2D eigenvalue weighted by Gasteiger charge is -2.31. The average molecular weight is 282 g/mol. The van der Waals surface area contributed by atoms with E-state index in [-0.39, 0.29) is 17.1 Å². The largest absolute Gasteiger partial charge is 0.370 e. The summed E-state index contributed by atoms with van der Waals surface area (Å²) in [6.45, 7) is 14.6. The molecule has 3 aliphatic heterocycles. The summed E-state index contributed by atoms with van der Waals surface area (Å²) >= 11 is 0. The second-order valence-corrected chi connectivity index (χ2v) is 7.52. The van der Waals surface area contributed by atoms with E-state index < -0.39 is 0 Å². The minimum Gasteiger partial charge on any atom is -0.370 e. The van der Waals surface area contributed by atoms with Gasteiger partial charge in [-0.3, -0.25) is 4.90 Å². The van der Waals surface area contributed by atoms with Gasteiger partial charge in [-0.05, 0) is 26.7 Å². The molecule has 1 N–H and O–H groups in total. The summed E-state index contributed by atoms with van der Waals surface area (Å²) < 4.78 is 12.7. The summed E-state index contributed by atoms with van der Waals surface area (Å²) in [5, 5.41) is 3.41. The third-order valence-electron chi connectivity index (χ3n) is 5.45. The molecule has 3 heterocycles. The molecule has 20 heavy (non-hydrogen) atoms. The highest BCUT2D eigenvalue weighted by Gasteiger charge is 2.62. The van der Waals surface area contributed by atoms with Crippen LogP contribution in [0.15, 0.2) is 0 Å². The van der Waals surface area contributed by atoms with E-state index in [1.807, 2.05) is 0 Å². The monoisotopic (exact) mass is 282 g/mol. The molecule has 116 valence electrons. The Morgan fingerprint density at radius 1 is 1.20 bits per heavy atom. The maximum atomic E-state index is 6.45. The molecule has 0 amide bonds. The van der Waals surface area contributed by atoms with Crippen molar-refractivity contribution in [1.82, 2.24) is 10.2 Å². The van der Waals surface area contributed by atoms with Crippen LogP contribution >= 0.6 is 0 Å². The van der Waals surface area contributed by atoms with Crippen LogP contribution < -0.4 is 5.32 Å². The molecule has 0 spiro atoms. The van der Waals surface area contributed by atoms with Crippen LogP contribution in [0.5, 0.6) is 0 Å². The standard InChI is InChI=1S/C16H30N2O2/c1-5-13-16(4)10-12(11-18-8-6-17-7-9-18)19-14(16)15(2,3)20-13/h12-14,17H,5-11H2,1-4H3/t12-,13-,14+,16?/m1/s1. The van der Waals surface area contributed by atoms with Crippen molar-refractivity contribution in [3.8, 4) is 0 Å².